The Morgan fingerprint density at radius 3 is 2.62 bits per heavy atom. The van der Waals surface area contributed by atoms with Crippen LogP contribution in [0.25, 0.3) is 22.3 Å². The average Bonchev–Trinajstić information content (AvgIpc) is 3.44. The van der Waals surface area contributed by atoms with Gasteiger partial charge in [-0.25, -0.2) is 4.98 Å². The van der Waals surface area contributed by atoms with Crippen LogP contribution in [0.2, 0.25) is 0 Å². The van der Waals surface area contributed by atoms with E-state index < -0.39 is 4.92 Å². The van der Waals surface area contributed by atoms with E-state index in [4.69, 9.17) is 14.2 Å². The molecule has 10 nitrogen and oxygen atoms in total. The summed E-state index contributed by atoms with van der Waals surface area (Å²) in [6.07, 6.45) is 1.37. The SMILES string of the molecule is O=c1c2ccccc2nc(-c2ccccc2)n1N=Cc1cccc([N+](=O)[O-])c1OCc1ccc2c(c1)OCO2. The van der Waals surface area contributed by atoms with E-state index in [2.05, 4.69) is 10.1 Å². The molecule has 0 saturated heterocycles. The zero-order chi connectivity index (χ0) is 26.8. The Morgan fingerprint density at radius 1 is 0.974 bits per heavy atom. The highest BCUT2D eigenvalue weighted by molar-refractivity contribution is 5.86. The number of ether oxygens (including phenoxy) is 3. The number of rotatable bonds is 7. The van der Waals surface area contributed by atoms with E-state index >= 15 is 0 Å². The van der Waals surface area contributed by atoms with E-state index in [0.29, 0.717) is 39.4 Å². The second-order valence-electron chi connectivity index (χ2n) is 8.61. The van der Waals surface area contributed by atoms with Crippen LogP contribution < -0.4 is 19.8 Å². The number of nitro groups is 1. The molecule has 10 heteroatoms. The van der Waals surface area contributed by atoms with Crippen molar-refractivity contribution in [1.29, 1.82) is 0 Å². The van der Waals surface area contributed by atoms with E-state index in [1.54, 1.807) is 42.5 Å². The summed E-state index contributed by atoms with van der Waals surface area (Å²) in [7, 11) is 0. The Balaban J connectivity index is 1.41. The molecule has 1 aliphatic heterocycles. The number of aromatic nitrogens is 2. The van der Waals surface area contributed by atoms with Crippen LogP contribution in [0.5, 0.6) is 17.2 Å². The van der Waals surface area contributed by atoms with Crippen molar-refractivity contribution in [3.63, 3.8) is 0 Å². The predicted octanol–water partition coefficient (Wildman–Crippen LogP) is 5.16. The van der Waals surface area contributed by atoms with Crippen LogP contribution in [-0.4, -0.2) is 27.6 Å². The van der Waals surface area contributed by atoms with Crippen LogP contribution in [0.4, 0.5) is 5.69 Å². The first-order chi connectivity index (χ1) is 19.1. The first kappa shape index (κ1) is 23.9. The van der Waals surface area contributed by atoms with Gasteiger partial charge in [0.25, 0.3) is 5.56 Å². The molecule has 1 aliphatic rings. The van der Waals surface area contributed by atoms with Gasteiger partial charge < -0.3 is 14.2 Å². The lowest BCUT2D eigenvalue weighted by molar-refractivity contribution is -0.385. The molecule has 2 heterocycles. The maximum absolute atomic E-state index is 13.5. The number of para-hydroxylation sites is 2. The lowest BCUT2D eigenvalue weighted by atomic mass is 10.1. The highest BCUT2D eigenvalue weighted by Crippen LogP contribution is 2.34. The molecule has 0 radical (unpaired) electrons. The first-order valence-electron chi connectivity index (χ1n) is 12.0. The van der Waals surface area contributed by atoms with Gasteiger partial charge in [-0.15, -0.1) is 0 Å². The molecule has 0 unspecified atom stereocenters. The molecule has 0 amide bonds. The van der Waals surface area contributed by atoms with Gasteiger partial charge >= 0.3 is 5.69 Å². The molecular formula is C29H20N4O6. The maximum Gasteiger partial charge on any atom is 0.311 e. The molecule has 4 aromatic carbocycles. The molecule has 5 aromatic rings. The largest absolute Gasteiger partial charge is 0.481 e. The van der Waals surface area contributed by atoms with Crippen molar-refractivity contribution < 1.29 is 19.1 Å². The Labute approximate surface area is 221 Å². The normalized spacial score (nSPS) is 12.2. The number of nitro benzene ring substituents is 1. The number of benzene rings is 4. The third kappa shape index (κ3) is 4.66. The average molecular weight is 521 g/mol. The lowest BCUT2D eigenvalue weighted by Crippen LogP contribution is -2.20. The predicted molar refractivity (Wildman–Crippen MR) is 144 cm³/mol. The second-order valence-corrected chi connectivity index (χ2v) is 8.61. The molecule has 0 fully saturated rings. The third-order valence-corrected chi connectivity index (χ3v) is 6.14. The van der Waals surface area contributed by atoms with Gasteiger partial charge in [0.1, 0.15) is 6.61 Å². The van der Waals surface area contributed by atoms with Crippen molar-refractivity contribution in [3.05, 3.63) is 123 Å². The van der Waals surface area contributed by atoms with Crippen molar-refractivity contribution in [2.75, 3.05) is 6.79 Å². The molecule has 0 N–H and O–H groups in total. The summed E-state index contributed by atoms with van der Waals surface area (Å²) >= 11 is 0. The Hall–Kier alpha value is -5.51. The lowest BCUT2D eigenvalue weighted by Gasteiger charge is -2.11. The highest BCUT2D eigenvalue weighted by atomic mass is 16.7. The highest BCUT2D eigenvalue weighted by Gasteiger charge is 2.20. The summed E-state index contributed by atoms with van der Waals surface area (Å²) in [6, 6.07) is 26.0. The van der Waals surface area contributed by atoms with Gasteiger partial charge in [0.2, 0.25) is 12.5 Å². The minimum absolute atomic E-state index is 0.0203. The van der Waals surface area contributed by atoms with Gasteiger partial charge in [-0.2, -0.15) is 9.78 Å². The number of hydrogen-bond donors (Lipinski definition) is 0. The molecule has 192 valence electrons. The molecule has 0 atom stereocenters. The van der Waals surface area contributed by atoms with Crippen molar-refractivity contribution >= 4 is 22.8 Å². The maximum atomic E-state index is 13.5. The first-order valence-corrected chi connectivity index (χ1v) is 12.0. The molecule has 1 aromatic heterocycles. The third-order valence-electron chi connectivity index (χ3n) is 6.14. The number of fused-ring (bicyclic) bond motifs is 2. The van der Waals surface area contributed by atoms with Crippen molar-refractivity contribution in [3.8, 4) is 28.6 Å². The Bertz CT molecular complexity index is 1800. The van der Waals surface area contributed by atoms with Gasteiger partial charge in [-0.05, 0) is 35.9 Å². The zero-order valence-corrected chi connectivity index (χ0v) is 20.4. The fraction of sp³-hybridized carbons (Fsp3) is 0.0690. The summed E-state index contributed by atoms with van der Waals surface area (Å²) in [5.41, 5.74) is 1.69. The van der Waals surface area contributed by atoms with Gasteiger partial charge in [-0.3, -0.25) is 14.9 Å². The number of hydrogen-bond acceptors (Lipinski definition) is 8. The van der Waals surface area contributed by atoms with Gasteiger partial charge in [0.15, 0.2) is 17.3 Å². The van der Waals surface area contributed by atoms with Crippen LogP contribution in [0.3, 0.4) is 0 Å². The molecule has 0 aliphatic carbocycles. The minimum atomic E-state index is -0.522. The van der Waals surface area contributed by atoms with Crippen LogP contribution in [0.15, 0.2) is 101 Å². The van der Waals surface area contributed by atoms with E-state index in [9.17, 15) is 14.9 Å². The van der Waals surface area contributed by atoms with Gasteiger partial charge in [-0.1, -0.05) is 54.6 Å². The van der Waals surface area contributed by atoms with Gasteiger partial charge in [0, 0.05) is 17.2 Å². The van der Waals surface area contributed by atoms with E-state index in [1.165, 1.54) is 23.0 Å². The van der Waals surface area contributed by atoms with Crippen molar-refractivity contribution in [2.45, 2.75) is 6.61 Å². The Morgan fingerprint density at radius 2 is 1.77 bits per heavy atom. The monoisotopic (exact) mass is 520 g/mol. The quantitative estimate of drug-likeness (QED) is 0.165. The fourth-order valence-electron chi connectivity index (χ4n) is 4.26. The fourth-order valence-corrected chi connectivity index (χ4v) is 4.26. The summed E-state index contributed by atoms with van der Waals surface area (Å²) in [5.74, 6) is 1.56. The molecule has 0 saturated carbocycles. The second kappa shape index (κ2) is 10.1. The molecule has 0 spiro atoms. The molecule has 0 bridgehead atoms. The van der Waals surface area contributed by atoms with Crippen LogP contribution in [0, 0.1) is 10.1 Å². The Kier molecular flexibility index (Phi) is 6.18. The summed E-state index contributed by atoms with van der Waals surface area (Å²) in [4.78, 5) is 29.4. The van der Waals surface area contributed by atoms with Crippen LogP contribution in [0.1, 0.15) is 11.1 Å². The molecule has 39 heavy (non-hydrogen) atoms. The zero-order valence-electron chi connectivity index (χ0n) is 20.4. The summed E-state index contributed by atoms with van der Waals surface area (Å²) in [6.45, 7) is 0.174. The molecule has 6 rings (SSSR count). The van der Waals surface area contributed by atoms with Gasteiger partial charge in [0.05, 0.1) is 22.0 Å². The van der Waals surface area contributed by atoms with E-state index in [-0.39, 0.29) is 30.4 Å². The van der Waals surface area contributed by atoms with E-state index in [1.807, 2.05) is 36.4 Å². The van der Waals surface area contributed by atoms with Crippen molar-refractivity contribution in [1.82, 2.24) is 9.66 Å². The summed E-state index contributed by atoms with van der Waals surface area (Å²) < 4.78 is 17.9. The molecular weight excluding hydrogens is 500 g/mol. The van der Waals surface area contributed by atoms with Crippen molar-refractivity contribution in [2.24, 2.45) is 5.10 Å². The minimum Gasteiger partial charge on any atom is -0.481 e. The van der Waals surface area contributed by atoms with Crippen LogP contribution in [-0.2, 0) is 6.61 Å². The number of nitrogens with zero attached hydrogens (tertiary/aromatic N) is 4. The van der Waals surface area contributed by atoms with E-state index in [0.717, 1.165) is 5.56 Å². The van der Waals surface area contributed by atoms with Crippen LogP contribution >= 0.6 is 0 Å². The standard InChI is InChI=1S/C29H20N4O6/c34-29-22-10-4-5-11-23(22)31-28(20-7-2-1-3-8-20)32(29)30-16-21-9-6-12-24(33(35)36)27(21)37-17-19-13-14-25-26(15-19)39-18-38-25/h1-16H,17-18H2. The smallest absolute Gasteiger partial charge is 0.311 e. The summed E-state index contributed by atoms with van der Waals surface area (Å²) in [5, 5.41) is 16.7. The topological polar surface area (TPSA) is 118 Å².